The molecule has 0 aromatic heterocycles. The number of ether oxygens (including phenoxy) is 3. The van der Waals surface area contributed by atoms with Gasteiger partial charge in [-0.2, -0.15) is 0 Å². The number of benzene rings is 4. The van der Waals surface area contributed by atoms with E-state index in [2.05, 4.69) is 57.2 Å². The maximum atomic E-state index is 15.4. The highest BCUT2D eigenvalue weighted by atomic mass is 16.6. The SMILES string of the molecule is COC1C(C)=CC23C(=O)C(C=C(COC(c4ccccc4)(c4ccccc4)c4ccccc4)C(OC(=O)c4ccccc4)C12O)C1C(CC3C)C1(C)C. The van der Waals surface area contributed by atoms with Crippen LogP contribution in [-0.4, -0.2) is 48.4 Å². The smallest absolute Gasteiger partial charge is 0.338 e. The summed E-state index contributed by atoms with van der Waals surface area (Å²) >= 11 is 0. The van der Waals surface area contributed by atoms with E-state index in [9.17, 15) is 9.90 Å². The van der Waals surface area contributed by atoms with Crippen LogP contribution in [0.2, 0.25) is 0 Å². The molecule has 8 unspecified atom stereocenters. The van der Waals surface area contributed by atoms with Crippen LogP contribution in [0.4, 0.5) is 0 Å². The summed E-state index contributed by atoms with van der Waals surface area (Å²) in [5, 5.41) is 13.7. The van der Waals surface area contributed by atoms with Gasteiger partial charge in [0.25, 0.3) is 0 Å². The van der Waals surface area contributed by atoms with Gasteiger partial charge in [0.2, 0.25) is 0 Å². The van der Waals surface area contributed by atoms with E-state index in [0.717, 1.165) is 28.7 Å². The number of allylic oxidation sites excluding steroid dienone is 1. The molecule has 4 aromatic carbocycles. The Balaban J connectivity index is 1.35. The highest BCUT2D eigenvalue weighted by Gasteiger charge is 2.76. The molecule has 53 heavy (non-hydrogen) atoms. The summed E-state index contributed by atoms with van der Waals surface area (Å²) in [6.45, 7) is 8.42. The number of methoxy groups -OCH3 is 1. The largest absolute Gasteiger partial charge is 0.451 e. The van der Waals surface area contributed by atoms with Crippen LogP contribution < -0.4 is 0 Å². The lowest BCUT2D eigenvalue weighted by Gasteiger charge is -2.50. The second-order valence-corrected chi connectivity index (χ2v) is 16.1. The number of hydrogen-bond acceptors (Lipinski definition) is 6. The van der Waals surface area contributed by atoms with E-state index in [4.69, 9.17) is 14.2 Å². The number of hydrogen-bond donors (Lipinski definition) is 1. The Labute approximate surface area is 312 Å². The first-order valence-corrected chi connectivity index (χ1v) is 18.8. The van der Waals surface area contributed by atoms with Crippen LogP contribution in [0.15, 0.2) is 145 Å². The van der Waals surface area contributed by atoms with Gasteiger partial charge in [-0.15, -0.1) is 0 Å². The molecule has 2 fully saturated rings. The third kappa shape index (κ3) is 5.17. The average Bonchev–Trinajstić information content (AvgIpc) is 3.67. The Bertz CT molecular complexity index is 1960. The summed E-state index contributed by atoms with van der Waals surface area (Å²) in [5.41, 5.74) is -0.0970. The molecule has 8 atom stereocenters. The Morgan fingerprint density at radius 2 is 1.32 bits per heavy atom. The van der Waals surface area contributed by atoms with Crippen LogP contribution in [0.5, 0.6) is 0 Å². The Kier molecular flexibility index (Phi) is 8.72. The predicted molar refractivity (Wildman–Crippen MR) is 204 cm³/mol. The molecule has 6 heteroatoms. The van der Waals surface area contributed by atoms with Crippen molar-refractivity contribution in [1.82, 2.24) is 0 Å². The summed E-state index contributed by atoms with van der Waals surface area (Å²) in [6.07, 6.45) is 2.52. The van der Waals surface area contributed by atoms with Crippen molar-refractivity contribution in [2.75, 3.05) is 13.7 Å². The molecule has 0 aliphatic heterocycles. The monoisotopic (exact) mass is 708 g/mol. The minimum Gasteiger partial charge on any atom is -0.451 e. The van der Waals surface area contributed by atoms with Gasteiger partial charge in [-0.1, -0.05) is 142 Å². The van der Waals surface area contributed by atoms with Gasteiger partial charge in [-0.3, -0.25) is 4.79 Å². The van der Waals surface area contributed by atoms with Gasteiger partial charge >= 0.3 is 5.97 Å². The molecule has 0 saturated heterocycles. The Hall–Kier alpha value is -4.62. The fourth-order valence-corrected chi connectivity index (χ4v) is 10.6. The third-order valence-electron chi connectivity index (χ3n) is 13.1. The maximum Gasteiger partial charge on any atom is 0.338 e. The fraction of sp³-hybridized carbons (Fsp3) is 0.362. The van der Waals surface area contributed by atoms with Crippen LogP contribution >= 0.6 is 0 Å². The molecule has 0 amide bonds. The molecule has 0 radical (unpaired) electrons. The summed E-state index contributed by atoms with van der Waals surface area (Å²) < 4.78 is 20.1. The Morgan fingerprint density at radius 3 is 1.83 bits per heavy atom. The van der Waals surface area contributed by atoms with Crippen molar-refractivity contribution in [1.29, 1.82) is 0 Å². The number of fused-ring (bicyclic) bond motifs is 3. The zero-order valence-electron chi connectivity index (χ0n) is 31.1. The van der Waals surface area contributed by atoms with E-state index in [-0.39, 0.29) is 29.6 Å². The van der Waals surface area contributed by atoms with E-state index < -0.39 is 40.7 Å². The minimum atomic E-state index is -1.95. The molecule has 1 spiro atoms. The molecule has 272 valence electrons. The van der Waals surface area contributed by atoms with Crippen LogP contribution in [0, 0.1) is 34.5 Å². The average molecular weight is 709 g/mol. The minimum absolute atomic E-state index is 0.0410. The van der Waals surface area contributed by atoms with Crippen molar-refractivity contribution in [3.8, 4) is 0 Å². The highest BCUT2D eigenvalue weighted by molar-refractivity contribution is 5.96. The fourth-order valence-electron chi connectivity index (χ4n) is 10.6. The van der Waals surface area contributed by atoms with Gasteiger partial charge in [-0.05, 0) is 76.5 Å². The van der Waals surface area contributed by atoms with Gasteiger partial charge in [0.05, 0.1) is 17.6 Å². The lowest BCUT2D eigenvalue weighted by atomic mass is 9.59. The van der Waals surface area contributed by atoms with E-state index >= 15 is 4.79 Å². The number of carbonyl (C=O) groups excluding carboxylic acids is 2. The number of rotatable bonds is 9. The summed E-state index contributed by atoms with van der Waals surface area (Å²) in [7, 11) is 1.55. The van der Waals surface area contributed by atoms with E-state index in [1.165, 1.54) is 0 Å². The first-order valence-electron chi connectivity index (χ1n) is 18.8. The number of carbonyl (C=O) groups is 2. The second-order valence-electron chi connectivity index (χ2n) is 16.1. The van der Waals surface area contributed by atoms with Crippen molar-refractivity contribution in [3.05, 3.63) is 167 Å². The number of Topliss-reactive ketones (excluding diaryl/α,β-unsaturated/α-hetero) is 1. The first-order chi connectivity index (χ1) is 25.5. The van der Waals surface area contributed by atoms with Crippen molar-refractivity contribution < 1.29 is 28.9 Å². The molecule has 8 rings (SSSR count). The van der Waals surface area contributed by atoms with Gasteiger partial charge in [0, 0.05) is 13.0 Å². The van der Waals surface area contributed by atoms with Gasteiger partial charge < -0.3 is 19.3 Å². The van der Waals surface area contributed by atoms with E-state index in [1.807, 2.05) is 79.7 Å². The number of ketones is 1. The van der Waals surface area contributed by atoms with Crippen LogP contribution in [0.1, 0.15) is 61.2 Å². The van der Waals surface area contributed by atoms with E-state index in [0.29, 0.717) is 17.1 Å². The van der Waals surface area contributed by atoms with Crippen LogP contribution in [-0.2, 0) is 24.6 Å². The lowest BCUT2D eigenvalue weighted by Crippen LogP contribution is -2.66. The Morgan fingerprint density at radius 1 is 0.811 bits per heavy atom. The van der Waals surface area contributed by atoms with Crippen LogP contribution in [0.25, 0.3) is 0 Å². The summed E-state index contributed by atoms with van der Waals surface area (Å²) in [4.78, 5) is 29.6. The molecule has 2 bridgehead atoms. The van der Waals surface area contributed by atoms with Crippen molar-refractivity contribution in [2.24, 2.45) is 34.5 Å². The highest BCUT2D eigenvalue weighted by Crippen LogP contribution is 2.72. The molecular formula is C47H48O6. The van der Waals surface area contributed by atoms with Crippen molar-refractivity contribution in [3.63, 3.8) is 0 Å². The quantitative estimate of drug-likeness (QED) is 0.107. The normalized spacial score (nSPS) is 31.2. The maximum absolute atomic E-state index is 15.4. The van der Waals surface area contributed by atoms with Crippen molar-refractivity contribution >= 4 is 11.8 Å². The zero-order chi connectivity index (χ0) is 37.2. The second kappa shape index (κ2) is 13.0. The number of esters is 1. The molecule has 1 N–H and O–H groups in total. The molecule has 0 heterocycles. The first kappa shape index (κ1) is 35.4. The van der Waals surface area contributed by atoms with E-state index in [1.54, 1.807) is 31.4 Å². The lowest BCUT2D eigenvalue weighted by molar-refractivity contribution is -0.196. The summed E-state index contributed by atoms with van der Waals surface area (Å²) in [5.74, 6) is -1.05. The molecule has 4 aliphatic rings. The molecule has 4 aliphatic carbocycles. The van der Waals surface area contributed by atoms with Crippen LogP contribution in [0.3, 0.4) is 0 Å². The third-order valence-corrected chi connectivity index (χ3v) is 13.1. The van der Waals surface area contributed by atoms with Gasteiger partial charge in [-0.25, -0.2) is 4.79 Å². The molecule has 4 aromatic rings. The standard InChI is InChI=1S/C47H48O6/c1-30-28-45-31(2)26-38-39(44(38,3)4)37(40(45)48)27-33(42(47(45,50)41(30)51-5)53-43(49)32-18-10-6-11-19-32)29-52-46(34-20-12-7-13-21-34,35-22-14-8-15-23-35)36-24-16-9-17-25-36/h6-25,27-28,31,37-39,41-42,50H,26,29H2,1-5H3. The summed E-state index contributed by atoms with van der Waals surface area (Å²) in [6, 6.07) is 39.1. The van der Waals surface area contributed by atoms with Crippen molar-refractivity contribution in [2.45, 2.75) is 57.5 Å². The predicted octanol–water partition coefficient (Wildman–Crippen LogP) is 8.35. The topological polar surface area (TPSA) is 82.1 Å². The zero-order valence-corrected chi connectivity index (χ0v) is 31.1. The number of aliphatic hydroxyl groups is 1. The van der Waals surface area contributed by atoms with Gasteiger partial charge in [0.15, 0.2) is 17.5 Å². The molecule has 2 saturated carbocycles. The molecule has 6 nitrogen and oxygen atoms in total. The van der Waals surface area contributed by atoms with Gasteiger partial charge in [0.1, 0.15) is 11.7 Å². The molecular weight excluding hydrogens is 661 g/mol.